The third kappa shape index (κ3) is 3.77. The van der Waals surface area contributed by atoms with Gasteiger partial charge in [0.05, 0.1) is 16.7 Å². The Morgan fingerprint density at radius 2 is 2.06 bits per heavy atom. The molecule has 0 N–H and O–H groups in total. The zero-order valence-electron chi connectivity index (χ0n) is 17.1. The molecule has 0 aliphatic carbocycles. The highest BCUT2D eigenvalue weighted by atomic mass is 32.2. The van der Waals surface area contributed by atoms with Crippen LogP contribution >= 0.6 is 23.1 Å². The minimum absolute atomic E-state index is 0.0370. The van der Waals surface area contributed by atoms with Gasteiger partial charge in [-0.1, -0.05) is 42.9 Å². The molecule has 0 saturated carbocycles. The summed E-state index contributed by atoms with van der Waals surface area (Å²) < 4.78 is 9.07. The third-order valence-corrected chi connectivity index (χ3v) is 6.58. The van der Waals surface area contributed by atoms with Crippen LogP contribution in [0.25, 0.3) is 28.1 Å². The van der Waals surface area contributed by atoms with Crippen LogP contribution < -0.4 is 5.56 Å². The Bertz CT molecular complexity index is 1400. The molecule has 31 heavy (non-hydrogen) atoms. The van der Waals surface area contributed by atoms with Gasteiger partial charge in [0.15, 0.2) is 5.16 Å². The molecule has 0 atom stereocenters. The number of thioether (sulfide) groups is 1. The summed E-state index contributed by atoms with van der Waals surface area (Å²) in [7, 11) is 0. The summed E-state index contributed by atoms with van der Waals surface area (Å²) >= 11 is 3.04. The van der Waals surface area contributed by atoms with Crippen molar-refractivity contribution in [3.63, 3.8) is 0 Å². The average Bonchev–Trinajstić information content (AvgIpc) is 3.52. The molecular formula is C21H20N6O2S2. The lowest BCUT2D eigenvalue weighted by molar-refractivity contribution is 0.391. The van der Waals surface area contributed by atoms with Crippen LogP contribution in [0.15, 0.2) is 55.6 Å². The van der Waals surface area contributed by atoms with Crippen LogP contribution in [-0.4, -0.2) is 29.3 Å². The van der Waals surface area contributed by atoms with E-state index < -0.39 is 0 Å². The van der Waals surface area contributed by atoms with Gasteiger partial charge in [0.2, 0.25) is 17.5 Å². The third-order valence-electron chi connectivity index (χ3n) is 4.98. The van der Waals surface area contributed by atoms with Crippen LogP contribution in [0.5, 0.6) is 0 Å². The van der Waals surface area contributed by atoms with Crippen molar-refractivity contribution >= 4 is 39.8 Å². The molecule has 0 amide bonds. The number of para-hydroxylation sites is 1. The smallest absolute Gasteiger partial charge is 0.262 e. The lowest BCUT2D eigenvalue weighted by Gasteiger charge is -2.12. The molecule has 0 radical (unpaired) electrons. The largest absolute Gasteiger partial charge is 0.338 e. The number of aryl methyl sites for hydroxylation is 1. The second-order valence-corrected chi connectivity index (χ2v) is 9.31. The highest BCUT2D eigenvalue weighted by molar-refractivity contribution is 7.98. The maximum absolute atomic E-state index is 13.1. The Labute approximate surface area is 185 Å². The van der Waals surface area contributed by atoms with Crippen molar-refractivity contribution in [3.8, 4) is 11.4 Å². The average molecular weight is 453 g/mol. The molecule has 8 nitrogen and oxygen atoms in total. The van der Waals surface area contributed by atoms with Crippen molar-refractivity contribution in [1.29, 1.82) is 0 Å². The Morgan fingerprint density at radius 3 is 2.87 bits per heavy atom. The van der Waals surface area contributed by atoms with Crippen molar-refractivity contribution in [2.24, 2.45) is 5.92 Å². The van der Waals surface area contributed by atoms with Crippen LogP contribution in [0.2, 0.25) is 0 Å². The molecule has 5 rings (SSSR count). The number of rotatable bonds is 7. The van der Waals surface area contributed by atoms with E-state index >= 15 is 0 Å². The highest BCUT2D eigenvalue weighted by Gasteiger charge is 2.18. The molecule has 0 aliphatic heterocycles. The van der Waals surface area contributed by atoms with E-state index in [4.69, 9.17) is 4.52 Å². The molecule has 4 heterocycles. The molecule has 0 spiro atoms. The zero-order valence-corrected chi connectivity index (χ0v) is 18.7. The van der Waals surface area contributed by atoms with Crippen molar-refractivity contribution < 1.29 is 4.52 Å². The Kier molecular flexibility index (Phi) is 5.33. The number of benzene rings is 1. The second kappa shape index (κ2) is 8.27. The van der Waals surface area contributed by atoms with Crippen LogP contribution in [0.1, 0.15) is 26.2 Å². The van der Waals surface area contributed by atoms with Gasteiger partial charge in [-0.25, -0.2) is 0 Å². The molecule has 0 unspecified atom stereocenters. The van der Waals surface area contributed by atoms with E-state index in [1.165, 1.54) is 11.8 Å². The van der Waals surface area contributed by atoms with Crippen molar-refractivity contribution in [1.82, 2.24) is 29.3 Å². The number of aromatic nitrogens is 6. The summed E-state index contributed by atoms with van der Waals surface area (Å²) in [5.74, 6) is 2.58. The predicted molar refractivity (Wildman–Crippen MR) is 121 cm³/mol. The first kappa shape index (κ1) is 20.0. The number of hydrogen-bond acceptors (Lipinski definition) is 8. The lowest BCUT2D eigenvalue weighted by Crippen LogP contribution is -2.24. The fourth-order valence-corrected chi connectivity index (χ4v) is 4.78. The zero-order chi connectivity index (χ0) is 21.4. The predicted octanol–water partition coefficient (Wildman–Crippen LogP) is 4.49. The molecular weight excluding hydrogens is 432 g/mol. The Morgan fingerprint density at radius 1 is 1.19 bits per heavy atom. The minimum atomic E-state index is -0.0370. The Hall–Kier alpha value is -2.98. The van der Waals surface area contributed by atoms with Crippen molar-refractivity contribution in [3.05, 3.63) is 57.3 Å². The summed E-state index contributed by atoms with van der Waals surface area (Å²) in [5, 5.41) is 18.1. The van der Waals surface area contributed by atoms with Crippen LogP contribution in [-0.2, 0) is 12.3 Å². The van der Waals surface area contributed by atoms with E-state index in [0.717, 1.165) is 17.5 Å². The SMILES string of the molecule is CC(C)CCn1c(=O)c2ccccc2n2c(SCc3nc(-c4ccsc4)no3)nnc12. The van der Waals surface area contributed by atoms with Crippen molar-refractivity contribution in [2.75, 3.05) is 0 Å². The number of nitrogens with zero attached hydrogens (tertiary/aromatic N) is 6. The molecule has 158 valence electrons. The number of hydrogen-bond donors (Lipinski definition) is 0. The summed E-state index contributed by atoms with van der Waals surface area (Å²) in [6.07, 6.45) is 0.886. The monoisotopic (exact) mass is 452 g/mol. The maximum atomic E-state index is 13.1. The Balaban J connectivity index is 1.52. The highest BCUT2D eigenvalue weighted by Crippen LogP contribution is 2.26. The molecule has 0 aliphatic rings. The van der Waals surface area contributed by atoms with E-state index in [-0.39, 0.29) is 5.56 Å². The quantitative estimate of drug-likeness (QED) is 0.336. The summed E-state index contributed by atoms with van der Waals surface area (Å²) in [6, 6.07) is 9.53. The summed E-state index contributed by atoms with van der Waals surface area (Å²) in [6.45, 7) is 4.88. The minimum Gasteiger partial charge on any atom is -0.338 e. The molecule has 10 heteroatoms. The van der Waals surface area contributed by atoms with Crippen LogP contribution in [0.4, 0.5) is 0 Å². The maximum Gasteiger partial charge on any atom is 0.262 e. The summed E-state index contributed by atoms with van der Waals surface area (Å²) in [5.41, 5.74) is 1.70. The fourth-order valence-electron chi connectivity index (χ4n) is 3.36. The number of thiophene rings is 1. The first-order chi connectivity index (χ1) is 15.1. The second-order valence-electron chi connectivity index (χ2n) is 7.59. The fraction of sp³-hybridized carbons (Fsp3) is 0.286. The summed E-state index contributed by atoms with van der Waals surface area (Å²) in [4.78, 5) is 17.6. The van der Waals surface area contributed by atoms with E-state index in [2.05, 4.69) is 34.2 Å². The molecule has 0 saturated heterocycles. The molecule has 0 bridgehead atoms. The lowest BCUT2D eigenvalue weighted by atomic mass is 10.1. The van der Waals surface area contributed by atoms with Gasteiger partial charge in [0.25, 0.3) is 5.56 Å². The first-order valence-corrected chi connectivity index (χ1v) is 11.9. The van der Waals surface area contributed by atoms with Gasteiger partial charge < -0.3 is 4.52 Å². The van der Waals surface area contributed by atoms with Crippen molar-refractivity contribution in [2.45, 2.75) is 37.7 Å². The van der Waals surface area contributed by atoms with Crippen LogP contribution in [0.3, 0.4) is 0 Å². The topological polar surface area (TPSA) is 91.1 Å². The molecule has 5 aromatic rings. The van der Waals surface area contributed by atoms with Gasteiger partial charge in [-0.15, -0.1) is 10.2 Å². The van der Waals surface area contributed by atoms with Gasteiger partial charge in [-0.2, -0.15) is 16.3 Å². The van der Waals surface area contributed by atoms with E-state index in [0.29, 0.717) is 46.3 Å². The molecule has 4 aromatic heterocycles. The van der Waals surface area contributed by atoms with E-state index in [1.807, 2.05) is 45.5 Å². The first-order valence-electron chi connectivity index (χ1n) is 9.96. The molecule has 1 aromatic carbocycles. The van der Waals surface area contributed by atoms with E-state index in [1.54, 1.807) is 15.9 Å². The van der Waals surface area contributed by atoms with Gasteiger partial charge in [0.1, 0.15) is 0 Å². The van der Waals surface area contributed by atoms with Gasteiger partial charge in [-0.05, 0) is 35.9 Å². The molecule has 0 fully saturated rings. The number of fused-ring (bicyclic) bond motifs is 3. The normalized spacial score (nSPS) is 11.8. The van der Waals surface area contributed by atoms with Gasteiger partial charge >= 0.3 is 0 Å². The van der Waals surface area contributed by atoms with Crippen LogP contribution in [0, 0.1) is 5.92 Å². The van der Waals surface area contributed by atoms with Gasteiger partial charge in [-0.3, -0.25) is 13.8 Å². The van der Waals surface area contributed by atoms with E-state index in [9.17, 15) is 4.79 Å². The standard InChI is InChI=1S/C21H20N6O2S2/c1-13(2)7-9-26-19(28)15-5-3-4-6-16(15)27-20(26)23-24-21(27)31-12-17-22-18(25-29-17)14-8-10-30-11-14/h3-6,8,10-11,13H,7,9,12H2,1-2H3. The van der Waals surface area contributed by atoms with Gasteiger partial charge in [0, 0.05) is 17.5 Å².